The number of Topliss-reactive ketones (excluding diaryl/α,β-unsaturated/α-hetero) is 2. The molecule has 18 heavy (non-hydrogen) atoms. The summed E-state index contributed by atoms with van der Waals surface area (Å²) in [5.74, 6) is 0.199. The van der Waals surface area contributed by atoms with Crippen molar-refractivity contribution in [1.29, 1.82) is 0 Å². The van der Waals surface area contributed by atoms with Crippen LogP contribution in [0.15, 0.2) is 23.8 Å². The molecule has 1 aliphatic carbocycles. The van der Waals surface area contributed by atoms with Gasteiger partial charge in [-0.1, -0.05) is 0 Å². The van der Waals surface area contributed by atoms with Crippen molar-refractivity contribution in [2.45, 2.75) is 19.4 Å². The Morgan fingerprint density at radius 2 is 2.00 bits per heavy atom. The van der Waals surface area contributed by atoms with Gasteiger partial charge in [0.25, 0.3) is 0 Å². The number of hydrogen-bond donors (Lipinski definition) is 0. The number of rotatable bonds is 1. The molecule has 0 aromatic heterocycles. The molecule has 1 unspecified atom stereocenters. The van der Waals surface area contributed by atoms with E-state index >= 15 is 0 Å². The zero-order valence-corrected chi connectivity index (χ0v) is 10.1. The lowest BCUT2D eigenvalue weighted by atomic mass is 9.87. The molecule has 92 valence electrons. The molecule has 0 bridgehead atoms. The van der Waals surface area contributed by atoms with Crippen LogP contribution in [-0.4, -0.2) is 24.8 Å². The Bertz CT molecular complexity index is 598. The van der Waals surface area contributed by atoms with Crippen LogP contribution in [0.5, 0.6) is 5.75 Å². The standard InChI is InChI=1S/C14H12O4/c1-7-5-11-13(16)12(15)10-6-8(17-2)3-4-9(10)14(11)18-7/h3-4,6-7H,5H2,1-2H3. The molecule has 1 aromatic rings. The molecule has 1 aromatic carbocycles. The Morgan fingerprint density at radius 3 is 2.72 bits per heavy atom. The number of ether oxygens (including phenoxy) is 2. The molecule has 4 nitrogen and oxygen atoms in total. The molecule has 1 heterocycles. The minimum Gasteiger partial charge on any atom is -0.497 e. The van der Waals surface area contributed by atoms with E-state index in [1.807, 2.05) is 6.92 Å². The highest BCUT2D eigenvalue weighted by Gasteiger charge is 2.38. The molecule has 0 fully saturated rings. The molecule has 4 heteroatoms. The highest BCUT2D eigenvalue weighted by Crippen LogP contribution is 2.39. The molecule has 0 amide bonds. The van der Waals surface area contributed by atoms with E-state index in [0.29, 0.717) is 34.6 Å². The van der Waals surface area contributed by atoms with Gasteiger partial charge in [-0.3, -0.25) is 9.59 Å². The van der Waals surface area contributed by atoms with Crippen molar-refractivity contribution < 1.29 is 19.1 Å². The van der Waals surface area contributed by atoms with Crippen molar-refractivity contribution in [2.75, 3.05) is 7.11 Å². The van der Waals surface area contributed by atoms with E-state index in [0.717, 1.165) is 0 Å². The maximum Gasteiger partial charge on any atom is 0.234 e. The predicted octanol–water partition coefficient (Wildman–Crippen LogP) is 1.98. The van der Waals surface area contributed by atoms with Crippen LogP contribution in [0.25, 0.3) is 5.76 Å². The molecule has 1 atom stereocenters. The van der Waals surface area contributed by atoms with Crippen LogP contribution in [0.4, 0.5) is 0 Å². The lowest BCUT2D eigenvalue weighted by Crippen LogP contribution is -2.22. The lowest BCUT2D eigenvalue weighted by molar-refractivity contribution is -0.112. The Hall–Kier alpha value is -2.10. The third kappa shape index (κ3) is 1.38. The molecule has 0 spiro atoms. The van der Waals surface area contributed by atoms with Gasteiger partial charge in [-0.05, 0) is 25.1 Å². The van der Waals surface area contributed by atoms with Crippen LogP contribution in [0.1, 0.15) is 29.3 Å². The second-order valence-electron chi connectivity index (χ2n) is 4.51. The molecule has 3 rings (SSSR count). The minimum atomic E-state index is -0.472. The topological polar surface area (TPSA) is 52.6 Å². The van der Waals surface area contributed by atoms with Gasteiger partial charge in [0.15, 0.2) is 0 Å². The van der Waals surface area contributed by atoms with E-state index in [2.05, 4.69) is 0 Å². The second-order valence-corrected chi connectivity index (χ2v) is 4.51. The smallest absolute Gasteiger partial charge is 0.234 e. The van der Waals surface area contributed by atoms with Gasteiger partial charge >= 0.3 is 0 Å². The molecule has 1 aliphatic heterocycles. The van der Waals surface area contributed by atoms with E-state index in [-0.39, 0.29) is 6.10 Å². The van der Waals surface area contributed by atoms with Crippen LogP contribution >= 0.6 is 0 Å². The first-order valence-electron chi connectivity index (χ1n) is 5.79. The molecule has 0 radical (unpaired) electrons. The van der Waals surface area contributed by atoms with Crippen LogP contribution in [0.3, 0.4) is 0 Å². The first-order valence-corrected chi connectivity index (χ1v) is 5.79. The van der Waals surface area contributed by atoms with Crippen molar-refractivity contribution in [3.63, 3.8) is 0 Å². The van der Waals surface area contributed by atoms with Gasteiger partial charge in [0.1, 0.15) is 17.6 Å². The van der Waals surface area contributed by atoms with Crippen molar-refractivity contribution in [1.82, 2.24) is 0 Å². The van der Waals surface area contributed by atoms with Gasteiger partial charge in [-0.25, -0.2) is 0 Å². The zero-order chi connectivity index (χ0) is 12.9. The molecular formula is C14H12O4. The third-order valence-electron chi connectivity index (χ3n) is 3.28. The van der Waals surface area contributed by atoms with Gasteiger partial charge in [0, 0.05) is 23.1 Å². The molecule has 0 N–H and O–H groups in total. The number of fused-ring (bicyclic) bond motifs is 2. The summed E-state index contributed by atoms with van der Waals surface area (Å²) in [5, 5.41) is 0. The molecule has 0 saturated carbocycles. The van der Waals surface area contributed by atoms with E-state index in [9.17, 15) is 9.59 Å². The Kier molecular flexibility index (Phi) is 2.26. The Balaban J connectivity index is 2.21. The van der Waals surface area contributed by atoms with Crippen molar-refractivity contribution in [2.24, 2.45) is 0 Å². The van der Waals surface area contributed by atoms with E-state index in [1.54, 1.807) is 18.2 Å². The van der Waals surface area contributed by atoms with Gasteiger partial charge in [-0.2, -0.15) is 0 Å². The van der Waals surface area contributed by atoms with E-state index in [1.165, 1.54) is 7.11 Å². The lowest BCUT2D eigenvalue weighted by Gasteiger charge is -2.16. The summed E-state index contributed by atoms with van der Waals surface area (Å²) in [7, 11) is 1.52. The maximum atomic E-state index is 12.0. The van der Waals surface area contributed by atoms with Crippen molar-refractivity contribution >= 4 is 17.3 Å². The van der Waals surface area contributed by atoms with E-state index < -0.39 is 11.6 Å². The van der Waals surface area contributed by atoms with Crippen LogP contribution < -0.4 is 4.74 Å². The maximum absolute atomic E-state index is 12.0. The molecule has 0 saturated heterocycles. The second kappa shape index (κ2) is 3.70. The van der Waals surface area contributed by atoms with Crippen molar-refractivity contribution in [3.05, 3.63) is 34.9 Å². The summed E-state index contributed by atoms with van der Waals surface area (Å²) in [6.45, 7) is 1.89. The van der Waals surface area contributed by atoms with Crippen LogP contribution in [0.2, 0.25) is 0 Å². The third-order valence-corrected chi connectivity index (χ3v) is 3.28. The first kappa shape index (κ1) is 11.0. The number of hydrogen-bond acceptors (Lipinski definition) is 4. The van der Waals surface area contributed by atoms with Gasteiger partial charge < -0.3 is 9.47 Å². The zero-order valence-electron chi connectivity index (χ0n) is 10.1. The number of methoxy groups -OCH3 is 1. The summed E-state index contributed by atoms with van der Waals surface area (Å²) >= 11 is 0. The average Bonchev–Trinajstić information content (AvgIpc) is 2.77. The molecular weight excluding hydrogens is 232 g/mol. The number of ketones is 2. The van der Waals surface area contributed by atoms with Crippen molar-refractivity contribution in [3.8, 4) is 5.75 Å². The summed E-state index contributed by atoms with van der Waals surface area (Å²) in [6.07, 6.45) is 0.450. The minimum absolute atomic E-state index is 0.0557. The number of benzene rings is 1. The van der Waals surface area contributed by atoms with Gasteiger partial charge in [0.2, 0.25) is 11.6 Å². The fourth-order valence-corrected chi connectivity index (χ4v) is 2.41. The van der Waals surface area contributed by atoms with Gasteiger partial charge in [-0.15, -0.1) is 0 Å². The van der Waals surface area contributed by atoms with Gasteiger partial charge in [0.05, 0.1) is 7.11 Å². The highest BCUT2D eigenvalue weighted by atomic mass is 16.5. The monoisotopic (exact) mass is 244 g/mol. The first-order chi connectivity index (χ1) is 8.61. The summed E-state index contributed by atoms with van der Waals surface area (Å²) < 4.78 is 10.7. The summed E-state index contributed by atoms with van der Waals surface area (Å²) in [6, 6.07) is 5.12. The number of carbonyl (C=O) groups excluding carboxylic acids is 2. The van der Waals surface area contributed by atoms with E-state index in [4.69, 9.17) is 9.47 Å². The quantitative estimate of drug-likeness (QED) is 0.709. The molecule has 2 aliphatic rings. The Morgan fingerprint density at radius 1 is 1.22 bits per heavy atom. The normalized spacial score (nSPS) is 21.6. The fourth-order valence-electron chi connectivity index (χ4n) is 2.41. The largest absolute Gasteiger partial charge is 0.497 e. The Labute approximate surface area is 104 Å². The number of carbonyl (C=O) groups is 2. The SMILES string of the molecule is COc1ccc2c(c1)C(=O)C(=O)C1=C2OC(C)C1. The fraction of sp³-hybridized carbons (Fsp3) is 0.286. The summed E-state index contributed by atoms with van der Waals surface area (Å²) in [4.78, 5) is 24.0. The average molecular weight is 244 g/mol. The predicted molar refractivity (Wildman–Crippen MR) is 64.4 cm³/mol. The summed E-state index contributed by atoms with van der Waals surface area (Å²) in [5.41, 5.74) is 1.57. The highest BCUT2D eigenvalue weighted by molar-refractivity contribution is 6.52. The van der Waals surface area contributed by atoms with Crippen LogP contribution in [-0.2, 0) is 9.53 Å². The van der Waals surface area contributed by atoms with Crippen LogP contribution in [0, 0.1) is 0 Å².